The molecule has 0 fully saturated rings. The van der Waals surface area contributed by atoms with Gasteiger partial charge in [0.15, 0.2) is 5.82 Å². The summed E-state index contributed by atoms with van der Waals surface area (Å²) in [6.07, 6.45) is 3.29. The largest absolute Gasteiger partial charge is 0.361 e. The first kappa shape index (κ1) is 15.8. The van der Waals surface area contributed by atoms with Gasteiger partial charge in [-0.05, 0) is 41.1 Å². The van der Waals surface area contributed by atoms with Gasteiger partial charge in [0.2, 0.25) is 5.91 Å². The van der Waals surface area contributed by atoms with Crippen LogP contribution in [-0.4, -0.2) is 25.7 Å². The van der Waals surface area contributed by atoms with E-state index < -0.39 is 0 Å². The Morgan fingerprint density at radius 2 is 1.93 bits per heavy atom. The fourth-order valence-electron chi connectivity index (χ4n) is 3.74. The maximum absolute atomic E-state index is 12.3. The highest BCUT2D eigenvalue weighted by molar-refractivity contribution is 5.80. The van der Waals surface area contributed by atoms with Crippen LogP contribution in [0.1, 0.15) is 28.8 Å². The van der Waals surface area contributed by atoms with E-state index in [0.717, 1.165) is 28.3 Å². The van der Waals surface area contributed by atoms with Crippen molar-refractivity contribution in [1.29, 1.82) is 0 Å². The Morgan fingerprint density at radius 1 is 1.04 bits per heavy atom. The van der Waals surface area contributed by atoms with Crippen LogP contribution >= 0.6 is 0 Å². The molecule has 0 radical (unpaired) electrons. The molecule has 1 aliphatic heterocycles. The van der Waals surface area contributed by atoms with Gasteiger partial charge in [-0.15, -0.1) is 10.2 Å². The summed E-state index contributed by atoms with van der Waals surface area (Å²) in [6.45, 7) is 0.276. The quantitative estimate of drug-likeness (QED) is 0.590. The van der Waals surface area contributed by atoms with Crippen molar-refractivity contribution in [2.45, 2.75) is 25.4 Å². The van der Waals surface area contributed by atoms with E-state index in [1.807, 2.05) is 29.0 Å². The highest BCUT2D eigenvalue weighted by atomic mass is 16.2. The molecule has 3 heterocycles. The molecule has 6 heteroatoms. The van der Waals surface area contributed by atoms with Crippen molar-refractivity contribution in [3.05, 3.63) is 83.6 Å². The van der Waals surface area contributed by atoms with Crippen LogP contribution in [0, 0.1) is 0 Å². The van der Waals surface area contributed by atoms with Crippen LogP contribution in [0.25, 0.3) is 10.9 Å². The summed E-state index contributed by atoms with van der Waals surface area (Å²) in [5.41, 5.74) is 3.43. The molecule has 4 aromatic rings. The van der Waals surface area contributed by atoms with Crippen molar-refractivity contribution in [3.63, 3.8) is 0 Å². The predicted molar refractivity (Wildman–Crippen MR) is 102 cm³/mol. The van der Waals surface area contributed by atoms with Crippen molar-refractivity contribution in [2.75, 3.05) is 0 Å². The molecule has 2 aromatic carbocycles. The number of rotatable bonds is 4. The molecule has 5 rings (SSSR count). The molecule has 1 aliphatic rings. The molecule has 2 N–H and O–H groups in total. The molecular weight excluding hydrogens is 338 g/mol. The predicted octanol–water partition coefficient (Wildman–Crippen LogP) is 2.76. The number of nitrogens with zero attached hydrogens (tertiary/aromatic N) is 3. The molecule has 0 aliphatic carbocycles. The number of aromatic nitrogens is 4. The van der Waals surface area contributed by atoms with Crippen LogP contribution in [0.2, 0.25) is 0 Å². The SMILES string of the molecule is O=C1Cn2c(Cc3ccccc3)nnc2[C@H](Cc2ccc3[nH]ccc3c2)N1. The van der Waals surface area contributed by atoms with E-state index in [1.54, 1.807) is 0 Å². The Hall–Kier alpha value is -3.41. The van der Waals surface area contributed by atoms with E-state index in [0.29, 0.717) is 12.8 Å². The van der Waals surface area contributed by atoms with Crippen molar-refractivity contribution in [2.24, 2.45) is 0 Å². The third kappa shape index (κ3) is 2.99. The lowest BCUT2D eigenvalue weighted by molar-refractivity contribution is -0.123. The lowest BCUT2D eigenvalue weighted by Crippen LogP contribution is -2.40. The first-order chi connectivity index (χ1) is 13.3. The van der Waals surface area contributed by atoms with Crippen LogP contribution in [0.4, 0.5) is 0 Å². The van der Waals surface area contributed by atoms with Crippen molar-refractivity contribution in [3.8, 4) is 0 Å². The summed E-state index contributed by atoms with van der Waals surface area (Å²) in [5.74, 6) is 1.66. The zero-order valence-electron chi connectivity index (χ0n) is 14.7. The number of fused-ring (bicyclic) bond motifs is 2. The summed E-state index contributed by atoms with van der Waals surface area (Å²) in [5, 5.41) is 13.0. The average Bonchev–Trinajstić information content (AvgIpc) is 3.29. The average molecular weight is 357 g/mol. The Labute approximate surface area is 156 Å². The number of hydrogen-bond donors (Lipinski definition) is 2. The molecule has 1 atom stereocenters. The summed E-state index contributed by atoms with van der Waals surface area (Å²) in [7, 11) is 0. The maximum Gasteiger partial charge on any atom is 0.240 e. The Kier molecular flexibility index (Phi) is 3.74. The lowest BCUT2D eigenvalue weighted by atomic mass is 10.0. The minimum atomic E-state index is -0.167. The molecule has 6 nitrogen and oxygen atoms in total. The number of carbonyl (C=O) groups excluding carboxylic acids is 1. The van der Waals surface area contributed by atoms with Crippen LogP contribution in [0.5, 0.6) is 0 Å². The van der Waals surface area contributed by atoms with Gasteiger partial charge in [-0.2, -0.15) is 0 Å². The van der Waals surface area contributed by atoms with E-state index in [1.165, 1.54) is 5.39 Å². The second kappa shape index (κ2) is 6.39. The third-order valence-corrected chi connectivity index (χ3v) is 5.07. The molecule has 0 spiro atoms. The van der Waals surface area contributed by atoms with E-state index in [2.05, 4.69) is 56.9 Å². The summed E-state index contributed by atoms with van der Waals surface area (Å²) in [6, 6.07) is 18.3. The highest BCUT2D eigenvalue weighted by Gasteiger charge is 2.29. The maximum atomic E-state index is 12.3. The van der Waals surface area contributed by atoms with Crippen LogP contribution < -0.4 is 5.32 Å². The topological polar surface area (TPSA) is 75.6 Å². The monoisotopic (exact) mass is 357 g/mol. The normalized spacial score (nSPS) is 16.3. The lowest BCUT2D eigenvalue weighted by Gasteiger charge is -2.25. The molecular formula is C21H19N5O. The van der Waals surface area contributed by atoms with Crippen molar-refractivity contribution < 1.29 is 4.79 Å². The Bertz CT molecular complexity index is 1110. The van der Waals surface area contributed by atoms with Crippen molar-refractivity contribution >= 4 is 16.8 Å². The Morgan fingerprint density at radius 3 is 2.81 bits per heavy atom. The van der Waals surface area contributed by atoms with Gasteiger partial charge in [-0.25, -0.2) is 0 Å². The number of hydrogen-bond acceptors (Lipinski definition) is 3. The first-order valence-corrected chi connectivity index (χ1v) is 9.07. The van der Waals surface area contributed by atoms with Gasteiger partial charge in [0.05, 0.1) is 6.04 Å². The minimum absolute atomic E-state index is 0.00401. The summed E-state index contributed by atoms with van der Waals surface area (Å²) < 4.78 is 1.96. The third-order valence-electron chi connectivity index (χ3n) is 5.07. The molecule has 0 saturated heterocycles. The molecule has 0 bridgehead atoms. The molecule has 2 aromatic heterocycles. The smallest absolute Gasteiger partial charge is 0.240 e. The van der Waals surface area contributed by atoms with Gasteiger partial charge in [-0.1, -0.05) is 36.4 Å². The Balaban J connectivity index is 1.44. The van der Waals surface area contributed by atoms with E-state index in [-0.39, 0.29) is 18.5 Å². The van der Waals surface area contributed by atoms with E-state index in [9.17, 15) is 4.79 Å². The number of H-pyrrole nitrogens is 1. The second-order valence-electron chi connectivity index (χ2n) is 6.95. The number of aromatic amines is 1. The molecule has 134 valence electrons. The standard InChI is InChI=1S/C21H19N5O/c27-20-13-26-19(12-14-4-2-1-3-5-14)24-25-21(26)18(23-20)11-15-6-7-17-16(10-15)8-9-22-17/h1-10,18,22H,11-13H2,(H,23,27)/t18-/m0/s1. The van der Waals surface area contributed by atoms with Gasteiger partial charge < -0.3 is 14.9 Å². The van der Waals surface area contributed by atoms with Crippen LogP contribution in [0.15, 0.2) is 60.8 Å². The number of carbonyl (C=O) groups is 1. The van der Waals surface area contributed by atoms with Crippen LogP contribution in [-0.2, 0) is 24.2 Å². The summed E-state index contributed by atoms with van der Waals surface area (Å²) >= 11 is 0. The first-order valence-electron chi connectivity index (χ1n) is 9.07. The highest BCUT2D eigenvalue weighted by Crippen LogP contribution is 2.24. The second-order valence-corrected chi connectivity index (χ2v) is 6.95. The van der Waals surface area contributed by atoms with E-state index >= 15 is 0 Å². The fraction of sp³-hybridized carbons (Fsp3) is 0.190. The van der Waals surface area contributed by atoms with E-state index in [4.69, 9.17) is 0 Å². The summed E-state index contributed by atoms with van der Waals surface area (Å²) in [4.78, 5) is 15.5. The van der Waals surface area contributed by atoms with Gasteiger partial charge in [0.1, 0.15) is 12.4 Å². The zero-order chi connectivity index (χ0) is 18.2. The molecule has 1 amide bonds. The fourth-order valence-corrected chi connectivity index (χ4v) is 3.74. The number of amides is 1. The van der Waals surface area contributed by atoms with Gasteiger partial charge >= 0.3 is 0 Å². The van der Waals surface area contributed by atoms with Crippen molar-refractivity contribution in [1.82, 2.24) is 25.1 Å². The van der Waals surface area contributed by atoms with Gasteiger partial charge in [-0.3, -0.25) is 4.79 Å². The van der Waals surface area contributed by atoms with Gasteiger partial charge in [0, 0.05) is 18.1 Å². The number of benzene rings is 2. The molecule has 0 unspecified atom stereocenters. The van der Waals surface area contributed by atoms with Crippen LogP contribution in [0.3, 0.4) is 0 Å². The van der Waals surface area contributed by atoms with Gasteiger partial charge in [0.25, 0.3) is 0 Å². The molecule has 27 heavy (non-hydrogen) atoms. The zero-order valence-corrected chi connectivity index (χ0v) is 14.7. The minimum Gasteiger partial charge on any atom is -0.361 e. The number of nitrogens with one attached hydrogen (secondary N) is 2. The molecule has 0 saturated carbocycles.